The number of hydrogen-bond acceptors (Lipinski definition) is 11. The molecule has 0 bridgehead atoms. The highest BCUT2D eigenvalue weighted by molar-refractivity contribution is 5.58. The lowest BCUT2D eigenvalue weighted by Gasteiger charge is -2.27. The van der Waals surface area contributed by atoms with E-state index in [1.54, 1.807) is 7.11 Å². The molecule has 7 aromatic carbocycles. The summed E-state index contributed by atoms with van der Waals surface area (Å²) in [6, 6.07) is 47.3. The number of rotatable bonds is 23. The van der Waals surface area contributed by atoms with Crippen LogP contribution in [-0.4, -0.2) is 58.6 Å². The van der Waals surface area contributed by atoms with Gasteiger partial charge in [0.25, 0.3) is 6.29 Å². The second-order valence-corrected chi connectivity index (χ2v) is 19.6. The molecule has 0 aliphatic carbocycles. The van der Waals surface area contributed by atoms with Crippen LogP contribution in [0.2, 0.25) is 0 Å². The monoisotopic (exact) mass is 984 g/mol. The third-order valence-electron chi connectivity index (χ3n) is 13.8. The lowest BCUT2D eigenvalue weighted by atomic mass is 9.80. The van der Waals surface area contributed by atoms with Crippen LogP contribution in [0, 0.1) is 13.8 Å². The van der Waals surface area contributed by atoms with E-state index in [0.717, 1.165) is 92.2 Å². The fourth-order valence-corrected chi connectivity index (χ4v) is 9.01. The fraction of sp³-hybridized carbons (Fsp3) is 0.323. The molecule has 0 saturated carbocycles. The highest BCUT2D eigenvalue weighted by Gasteiger charge is 2.29. The van der Waals surface area contributed by atoms with Gasteiger partial charge < -0.3 is 42.6 Å². The summed E-state index contributed by atoms with van der Waals surface area (Å²) >= 11 is 0. The maximum absolute atomic E-state index is 7.22. The first-order valence-electron chi connectivity index (χ1n) is 25.3. The van der Waals surface area contributed by atoms with Crippen LogP contribution in [-0.2, 0) is 19.2 Å². The summed E-state index contributed by atoms with van der Waals surface area (Å²) in [6.07, 6.45) is -0.0149. The van der Waals surface area contributed by atoms with Gasteiger partial charge in [-0.2, -0.15) is 9.78 Å². The average Bonchev–Trinajstić information content (AvgIpc) is 4.25. The van der Waals surface area contributed by atoms with Crippen molar-refractivity contribution in [3.8, 4) is 57.5 Å². The van der Waals surface area contributed by atoms with Gasteiger partial charge in [0, 0.05) is 46.6 Å². The standard InChI is InChI=1S/C62H64O11/c1-37(2)43-15-24-60(63-8)55(27-43)42(7)46-28-56(40(5)44-16-22-58(38(3)25-44)69-51-13-9-11-49(30-51)65-33-54-35-67-54)62(71-48-20-18-47(19-21-48)64-32-53-34-66-53)57(29-46)41(6)45-17-23-59(39(4)26-45)70-52-14-10-12-50(31-52)68-36-61-72-73-61/h9-31,37,40-42,53-54,61H,32-36H2,1-8H3. The minimum Gasteiger partial charge on any atom is -0.496 e. The highest BCUT2D eigenvalue weighted by atomic mass is 17.4. The Hall–Kier alpha value is -7.02. The molecular formula is C62H64O11. The minimum atomic E-state index is -0.332. The Morgan fingerprint density at radius 1 is 0.438 bits per heavy atom. The molecule has 5 unspecified atom stereocenters. The van der Waals surface area contributed by atoms with Crippen LogP contribution < -0.4 is 33.2 Å². The van der Waals surface area contributed by atoms with Gasteiger partial charge in [-0.25, -0.2) is 0 Å². The van der Waals surface area contributed by atoms with Crippen molar-refractivity contribution in [3.05, 3.63) is 190 Å². The smallest absolute Gasteiger partial charge is 0.258 e. The van der Waals surface area contributed by atoms with Crippen LogP contribution in [0.25, 0.3) is 0 Å². The van der Waals surface area contributed by atoms with Crippen molar-refractivity contribution in [2.24, 2.45) is 0 Å². The van der Waals surface area contributed by atoms with Crippen LogP contribution >= 0.6 is 0 Å². The van der Waals surface area contributed by atoms with Crippen molar-refractivity contribution in [1.29, 1.82) is 0 Å². The summed E-state index contributed by atoms with van der Waals surface area (Å²) in [7, 11) is 1.75. The molecule has 0 amide bonds. The Morgan fingerprint density at radius 3 is 1.38 bits per heavy atom. The highest BCUT2D eigenvalue weighted by Crippen LogP contribution is 2.47. The molecule has 3 aliphatic heterocycles. The Labute approximate surface area is 428 Å². The summed E-state index contributed by atoms with van der Waals surface area (Å²) in [4.78, 5) is 9.68. The molecule has 11 nitrogen and oxygen atoms in total. The Bertz CT molecular complexity index is 2890. The summed E-state index contributed by atoms with van der Waals surface area (Å²) in [6.45, 7) is 18.2. The summed E-state index contributed by atoms with van der Waals surface area (Å²) in [5.41, 5.74) is 9.84. The molecule has 3 fully saturated rings. The van der Waals surface area contributed by atoms with Crippen LogP contribution in [0.15, 0.2) is 140 Å². The van der Waals surface area contributed by atoms with Crippen molar-refractivity contribution in [3.63, 3.8) is 0 Å². The molecular weight excluding hydrogens is 921 g/mol. The predicted octanol–water partition coefficient (Wildman–Crippen LogP) is 14.5. The van der Waals surface area contributed by atoms with E-state index in [0.29, 0.717) is 48.7 Å². The number of aryl methyl sites for hydroxylation is 2. The van der Waals surface area contributed by atoms with Crippen molar-refractivity contribution in [2.75, 3.05) is 40.1 Å². The molecule has 0 spiro atoms. The zero-order chi connectivity index (χ0) is 50.6. The Morgan fingerprint density at radius 2 is 0.890 bits per heavy atom. The molecule has 3 heterocycles. The summed E-state index contributed by atoms with van der Waals surface area (Å²) in [5.74, 6) is 7.46. The zero-order valence-electron chi connectivity index (χ0n) is 42.8. The molecule has 378 valence electrons. The van der Waals surface area contributed by atoms with Gasteiger partial charge in [0.15, 0.2) is 0 Å². The van der Waals surface area contributed by atoms with Crippen molar-refractivity contribution >= 4 is 0 Å². The molecule has 0 radical (unpaired) electrons. The molecule has 73 heavy (non-hydrogen) atoms. The zero-order valence-corrected chi connectivity index (χ0v) is 42.8. The van der Waals surface area contributed by atoms with E-state index in [9.17, 15) is 0 Å². The maximum Gasteiger partial charge on any atom is 0.258 e. The summed E-state index contributed by atoms with van der Waals surface area (Å²) < 4.78 is 54.8. The number of benzene rings is 7. The normalized spacial score (nSPS) is 17.1. The maximum atomic E-state index is 7.22. The molecule has 3 aliphatic rings. The van der Waals surface area contributed by atoms with E-state index < -0.39 is 0 Å². The minimum absolute atomic E-state index is 0.0397. The number of ether oxygens (including phenoxy) is 9. The van der Waals surface area contributed by atoms with E-state index in [1.807, 2.05) is 78.9 Å². The molecule has 11 heteroatoms. The molecule has 3 saturated heterocycles. The van der Waals surface area contributed by atoms with Gasteiger partial charge in [-0.05, 0) is 120 Å². The molecule has 5 atom stereocenters. The molecule has 7 aromatic rings. The van der Waals surface area contributed by atoms with E-state index in [1.165, 1.54) is 5.56 Å². The van der Waals surface area contributed by atoms with Crippen molar-refractivity contribution < 1.29 is 52.4 Å². The van der Waals surface area contributed by atoms with Crippen LogP contribution in [0.5, 0.6) is 57.5 Å². The van der Waals surface area contributed by atoms with Crippen LogP contribution in [0.3, 0.4) is 0 Å². The van der Waals surface area contributed by atoms with E-state index in [2.05, 4.69) is 109 Å². The third-order valence-corrected chi connectivity index (χ3v) is 13.8. The first kappa shape index (κ1) is 49.6. The second kappa shape index (κ2) is 22.0. The molecule has 0 aromatic heterocycles. The van der Waals surface area contributed by atoms with Crippen LogP contribution in [0.1, 0.15) is 108 Å². The van der Waals surface area contributed by atoms with Gasteiger partial charge in [-0.15, -0.1) is 0 Å². The quantitative estimate of drug-likeness (QED) is 0.0451. The summed E-state index contributed by atoms with van der Waals surface area (Å²) in [5, 5.41) is 0. The number of epoxide rings is 2. The van der Waals surface area contributed by atoms with Crippen LogP contribution in [0.4, 0.5) is 0 Å². The Balaban J connectivity index is 1.04. The van der Waals surface area contributed by atoms with Crippen molar-refractivity contribution in [1.82, 2.24) is 0 Å². The second-order valence-electron chi connectivity index (χ2n) is 19.6. The third kappa shape index (κ3) is 12.4. The van der Waals surface area contributed by atoms with E-state index in [-0.39, 0.29) is 36.3 Å². The van der Waals surface area contributed by atoms with Crippen molar-refractivity contribution in [2.45, 2.75) is 90.6 Å². The molecule has 0 N–H and O–H groups in total. The van der Waals surface area contributed by atoms with E-state index in [4.69, 9.17) is 52.4 Å². The topological polar surface area (TPSA) is 115 Å². The van der Waals surface area contributed by atoms with E-state index >= 15 is 0 Å². The van der Waals surface area contributed by atoms with Gasteiger partial charge >= 0.3 is 0 Å². The average molecular weight is 985 g/mol. The van der Waals surface area contributed by atoms with Gasteiger partial charge in [-0.1, -0.05) is 95.3 Å². The first-order chi connectivity index (χ1) is 35.4. The van der Waals surface area contributed by atoms with Gasteiger partial charge in [-0.3, -0.25) is 0 Å². The number of hydrogen-bond donors (Lipinski definition) is 0. The first-order valence-corrected chi connectivity index (χ1v) is 25.3. The lowest BCUT2D eigenvalue weighted by molar-refractivity contribution is 0.0850. The van der Waals surface area contributed by atoms with Gasteiger partial charge in [0.1, 0.15) is 89.5 Å². The SMILES string of the molecule is COc1ccc(C(C)C)cc1C(C)c1cc(C(C)c2ccc(Oc3cccc(OCC4CO4)c3)c(C)c2)c(Oc2ccc(OCC3CO3)cc2)c(C(C)c2ccc(Oc3cccc(OCC4OO4)c3)c(C)c2)c1. The van der Waals surface area contributed by atoms with Gasteiger partial charge in [0.05, 0.1) is 20.3 Å². The lowest BCUT2D eigenvalue weighted by Crippen LogP contribution is -2.10. The fourth-order valence-electron chi connectivity index (χ4n) is 9.01. The molecule has 10 rings (SSSR count). The van der Waals surface area contributed by atoms with Gasteiger partial charge in [0.2, 0.25) is 0 Å². The largest absolute Gasteiger partial charge is 0.496 e. The number of methoxy groups -OCH3 is 1. The predicted molar refractivity (Wildman–Crippen MR) is 280 cm³/mol. The Kier molecular flexibility index (Phi) is 14.9.